The Balaban J connectivity index is 1.38. The number of anilines is 1. The molecule has 2 aromatic rings. The largest absolute Gasteiger partial charge is 0.368 e. The molecule has 1 amide bonds. The summed E-state index contributed by atoms with van der Waals surface area (Å²) in [5.74, 6) is 1.03. The fraction of sp³-hybridized carbons (Fsp3) is 0.500. The van der Waals surface area contributed by atoms with Gasteiger partial charge in [-0.15, -0.1) is 0 Å². The highest BCUT2D eigenvalue weighted by Gasteiger charge is 2.39. The number of hydrogen-bond acceptors (Lipinski definition) is 7. The molecular formula is C18H20N6O2. The molecule has 0 aromatic carbocycles. The van der Waals surface area contributed by atoms with Gasteiger partial charge in [0, 0.05) is 31.0 Å². The van der Waals surface area contributed by atoms with E-state index in [1.54, 1.807) is 6.20 Å². The second kappa shape index (κ2) is 6.41. The van der Waals surface area contributed by atoms with Crippen LogP contribution in [0.5, 0.6) is 0 Å². The van der Waals surface area contributed by atoms with Crippen LogP contribution < -0.4 is 5.32 Å². The van der Waals surface area contributed by atoms with Crippen LogP contribution in [-0.2, 0) is 0 Å². The molecule has 1 aliphatic carbocycles. The highest BCUT2D eigenvalue weighted by molar-refractivity contribution is 5.95. The molecule has 0 bridgehead atoms. The fourth-order valence-corrected chi connectivity index (χ4v) is 3.35. The maximum atomic E-state index is 12.8. The topological polar surface area (TPSA) is 108 Å². The monoisotopic (exact) mass is 352 g/mol. The number of rotatable bonds is 5. The molecule has 2 aliphatic rings. The van der Waals surface area contributed by atoms with Crippen molar-refractivity contribution in [1.82, 2.24) is 20.0 Å². The van der Waals surface area contributed by atoms with Crippen LogP contribution in [0.25, 0.3) is 0 Å². The van der Waals surface area contributed by atoms with Crippen LogP contribution >= 0.6 is 0 Å². The average Bonchev–Trinajstić information content (AvgIpc) is 3.25. The maximum Gasteiger partial charge on any atom is 0.259 e. The predicted octanol–water partition coefficient (Wildman–Crippen LogP) is 2.18. The number of likely N-dealkylation sites (tertiary alicyclic amines) is 1. The van der Waals surface area contributed by atoms with E-state index in [1.807, 2.05) is 11.0 Å². The summed E-state index contributed by atoms with van der Waals surface area (Å²) in [4.78, 5) is 22.9. The minimum absolute atomic E-state index is 0.00930. The maximum absolute atomic E-state index is 12.8. The number of hydrogen-bond donors (Lipinski definition) is 1. The van der Waals surface area contributed by atoms with E-state index in [0.717, 1.165) is 25.0 Å². The molecule has 1 unspecified atom stereocenters. The number of nitrogens with zero attached hydrogens (tertiary/aromatic N) is 5. The van der Waals surface area contributed by atoms with Crippen molar-refractivity contribution >= 4 is 11.7 Å². The first-order valence-electron chi connectivity index (χ1n) is 8.77. The smallest absolute Gasteiger partial charge is 0.259 e. The average molecular weight is 352 g/mol. The molecule has 8 nitrogen and oxygen atoms in total. The lowest BCUT2D eigenvalue weighted by molar-refractivity contribution is 0.0775. The van der Waals surface area contributed by atoms with E-state index in [0.29, 0.717) is 42.6 Å². The Morgan fingerprint density at radius 2 is 2.31 bits per heavy atom. The van der Waals surface area contributed by atoms with Crippen LogP contribution in [0, 0.1) is 16.7 Å². The van der Waals surface area contributed by atoms with Gasteiger partial charge in [-0.05, 0) is 19.3 Å². The third-order valence-electron chi connectivity index (χ3n) is 5.10. The van der Waals surface area contributed by atoms with Crippen LogP contribution in [0.4, 0.5) is 5.82 Å². The summed E-state index contributed by atoms with van der Waals surface area (Å²) in [7, 11) is 0. The summed E-state index contributed by atoms with van der Waals surface area (Å²) in [6.45, 7) is 4.21. The highest BCUT2D eigenvalue weighted by Crippen LogP contribution is 2.41. The van der Waals surface area contributed by atoms with Crippen LogP contribution in [-0.4, -0.2) is 45.6 Å². The van der Waals surface area contributed by atoms with Crippen LogP contribution in [0.3, 0.4) is 0 Å². The number of carbonyl (C=O) groups excluding carboxylic acids is 1. The van der Waals surface area contributed by atoms with Gasteiger partial charge >= 0.3 is 0 Å². The summed E-state index contributed by atoms with van der Waals surface area (Å²) in [5.41, 5.74) is 1.67. The Labute approximate surface area is 151 Å². The molecule has 1 atom stereocenters. The molecule has 1 aliphatic heterocycles. The van der Waals surface area contributed by atoms with Gasteiger partial charge in [0.1, 0.15) is 23.7 Å². The zero-order valence-electron chi connectivity index (χ0n) is 14.6. The lowest BCUT2D eigenvalue weighted by Gasteiger charge is -2.25. The van der Waals surface area contributed by atoms with Crippen molar-refractivity contribution < 1.29 is 9.32 Å². The van der Waals surface area contributed by atoms with E-state index in [9.17, 15) is 4.79 Å². The number of amides is 1. The van der Waals surface area contributed by atoms with Gasteiger partial charge in [0.25, 0.3) is 5.91 Å². The second-order valence-corrected chi connectivity index (χ2v) is 7.43. The fourth-order valence-electron chi connectivity index (χ4n) is 3.35. The molecule has 134 valence electrons. The van der Waals surface area contributed by atoms with Crippen molar-refractivity contribution in [2.45, 2.75) is 32.1 Å². The summed E-state index contributed by atoms with van der Waals surface area (Å²) < 4.78 is 5.06. The van der Waals surface area contributed by atoms with Gasteiger partial charge in [-0.1, -0.05) is 12.1 Å². The lowest BCUT2D eigenvalue weighted by Crippen LogP contribution is -2.34. The molecule has 0 spiro atoms. The Bertz CT molecular complexity index is 851. The molecule has 4 rings (SSSR count). The zero-order valence-corrected chi connectivity index (χ0v) is 14.6. The molecule has 1 saturated heterocycles. The Hall–Kier alpha value is -2.95. The number of nitrogens with one attached hydrogen (secondary N) is 1. The molecule has 26 heavy (non-hydrogen) atoms. The van der Waals surface area contributed by atoms with Gasteiger partial charge in [0.05, 0.1) is 18.1 Å². The van der Waals surface area contributed by atoms with Crippen molar-refractivity contribution in [3.05, 3.63) is 35.6 Å². The van der Waals surface area contributed by atoms with Gasteiger partial charge in [-0.25, -0.2) is 9.97 Å². The van der Waals surface area contributed by atoms with Crippen molar-refractivity contribution in [1.29, 1.82) is 5.26 Å². The van der Waals surface area contributed by atoms with Crippen LogP contribution in [0.1, 0.15) is 53.8 Å². The molecule has 3 heterocycles. The second-order valence-electron chi connectivity index (χ2n) is 7.43. The Morgan fingerprint density at radius 1 is 1.46 bits per heavy atom. The molecule has 1 N–H and O–H groups in total. The number of aromatic nitrogens is 3. The van der Waals surface area contributed by atoms with Crippen molar-refractivity contribution in [3.63, 3.8) is 0 Å². The molecule has 2 aromatic heterocycles. The number of nitriles is 1. The van der Waals surface area contributed by atoms with Gasteiger partial charge in [0.2, 0.25) is 0 Å². The van der Waals surface area contributed by atoms with E-state index in [1.165, 1.54) is 12.5 Å². The predicted molar refractivity (Wildman–Crippen MR) is 92.3 cm³/mol. The first-order chi connectivity index (χ1) is 12.6. The van der Waals surface area contributed by atoms with Crippen molar-refractivity contribution in [2.75, 3.05) is 25.0 Å². The normalized spacial score (nSPS) is 22.2. The Morgan fingerprint density at radius 3 is 3.00 bits per heavy atom. The summed E-state index contributed by atoms with van der Waals surface area (Å²) >= 11 is 0. The SMILES string of the molecule is CC1(CNc2cnc(C#N)cn2)CCN(C(=O)c2conc2C2CC2)C1. The molecule has 8 heteroatoms. The van der Waals surface area contributed by atoms with Gasteiger partial charge in [0.15, 0.2) is 5.69 Å². The van der Waals surface area contributed by atoms with Gasteiger partial charge in [-0.3, -0.25) is 4.79 Å². The van der Waals surface area contributed by atoms with E-state index < -0.39 is 0 Å². The zero-order chi connectivity index (χ0) is 18.1. The van der Waals surface area contributed by atoms with E-state index >= 15 is 0 Å². The van der Waals surface area contributed by atoms with E-state index in [4.69, 9.17) is 9.78 Å². The van der Waals surface area contributed by atoms with E-state index in [-0.39, 0.29) is 11.3 Å². The lowest BCUT2D eigenvalue weighted by atomic mass is 9.90. The van der Waals surface area contributed by atoms with Crippen LogP contribution in [0.2, 0.25) is 0 Å². The minimum Gasteiger partial charge on any atom is -0.368 e. The Kier molecular flexibility index (Phi) is 4.07. The molecule has 1 saturated carbocycles. The number of carbonyl (C=O) groups is 1. The highest BCUT2D eigenvalue weighted by atomic mass is 16.5. The van der Waals surface area contributed by atoms with Crippen LogP contribution in [0.15, 0.2) is 23.2 Å². The van der Waals surface area contributed by atoms with Gasteiger partial charge < -0.3 is 14.7 Å². The third-order valence-corrected chi connectivity index (χ3v) is 5.10. The van der Waals surface area contributed by atoms with E-state index in [2.05, 4.69) is 27.4 Å². The summed E-state index contributed by atoms with van der Waals surface area (Å²) in [5, 5.41) is 16.1. The molecule has 2 fully saturated rings. The minimum atomic E-state index is -0.0534. The van der Waals surface area contributed by atoms with Crippen molar-refractivity contribution in [2.24, 2.45) is 5.41 Å². The van der Waals surface area contributed by atoms with Gasteiger partial charge in [-0.2, -0.15) is 5.26 Å². The third kappa shape index (κ3) is 3.25. The first-order valence-corrected chi connectivity index (χ1v) is 8.77. The summed E-state index contributed by atoms with van der Waals surface area (Å²) in [6.07, 6.45) is 7.55. The summed E-state index contributed by atoms with van der Waals surface area (Å²) in [6, 6.07) is 1.95. The van der Waals surface area contributed by atoms with Crippen molar-refractivity contribution in [3.8, 4) is 6.07 Å². The molecule has 0 radical (unpaired) electrons. The molecular weight excluding hydrogens is 332 g/mol. The first kappa shape index (κ1) is 16.5. The quantitative estimate of drug-likeness (QED) is 0.878. The standard InChI is InChI=1S/C18H20N6O2/c1-18(10-22-15-8-20-13(6-19)7-21-15)4-5-24(11-18)17(25)14-9-26-23-16(14)12-2-3-12/h7-9,12H,2-5,10-11H2,1H3,(H,21,22).